The molecule has 0 saturated carbocycles. The zero-order valence-electron chi connectivity index (χ0n) is 11.6. The van der Waals surface area contributed by atoms with Gasteiger partial charge in [-0.1, -0.05) is 17.3 Å². The number of nitrogens with zero attached hydrogens (tertiary/aromatic N) is 1. The van der Waals surface area contributed by atoms with E-state index in [1.165, 1.54) is 12.1 Å². The van der Waals surface area contributed by atoms with Gasteiger partial charge in [-0.3, -0.25) is 0 Å². The molecule has 3 aromatic rings. The van der Waals surface area contributed by atoms with Crippen molar-refractivity contribution < 1.29 is 8.91 Å². The van der Waals surface area contributed by atoms with Gasteiger partial charge in [0.1, 0.15) is 5.82 Å². The van der Waals surface area contributed by atoms with E-state index >= 15 is 0 Å². The predicted molar refractivity (Wildman–Crippen MR) is 92.0 cm³/mol. The normalized spacial score (nSPS) is 10.6. The van der Waals surface area contributed by atoms with Crippen molar-refractivity contribution in [2.45, 2.75) is 4.90 Å². The van der Waals surface area contributed by atoms with Gasteiger partial charge in [0.2, 0.25) is 0 Å². The molecule has 0 aliphatic rings. The summed E-state index contributed by atoms with van der Waals surface area (Å²) >= 11 is 6.92. The summed E-state index contributed by atoms with van der Waals surface area (Å²) in [5, 5.41) is 11.0. The van der Waals surface area contributed by atoms with Crippen LogP contribution in [0, 0.1) is 5.82 Å². The van der Waals surface area contributed by atoms with E-state index in [2.05, 4.69) is 15.8 Å². The highest BCUT2D eigenvalue weighted by Crippen LogP contribution is 2.26. The quantitative estimate of drug-likeness (QED) is 0.544. The average Bonchev–Trinajstić information content (AvgIpc) is 2.89. The van der Waals surface area contributed by atoms with Gasteiger partial charge < -0.3 is 15.2 Å². The summed E-state index contributed by atoms with van der Waals surface area (Å²) in [4.78, 5) is 1.08. The van der Waals surface area contributed by atoms with Crippen LogP contribution in [-0.4, -0.2) is 16.5 Å². The fourth-order valence-electron chi connectivity index (χ4n) is 2.01. The molecule has 0 spiro atoms. The molecule has 112 valence electrons. The largest absolute Gasteiger partial charge is 0.354 e. The third-order valence-corrected chi connectivity index (χ3v) is 4.02. The average molecular weight is 333 g/mol. The van der Waals surface area contributed by atoms with Crippen LogP contribution in [0.25, 0.3) is 11.0 Å². The molecule has 0 atom stereocenters. The van der Waals surface area contributed by atoms with Gasteiger partial charge in [0.15, 0.2) is 16.5 Å². The zero-order valence-corrected chi connectivity index (χ0v) is 13.2. The molecular formula is C15H12FN3OS2. The second kappa shape index (κ2) is 6.33. The molecule has 0 saturated heterocycles. The maximum atomic E-state index is 13.1. The molecule has 0 unspecified atom stereocenters. The van der Waals surface area contributed by atoms with E-state index in [1.807, 2.05) is 30.5 Å². The molecule has 22 heavy (non-hydrogen) atoms. The SMILES string of the molecule is CSc1ccccc1NC(=S)Nc1noc2cc(F)ccc12. The lowest BCUT2D eigenvalue weighted by atomic mass is 10.2. The van der Waals surface area contributed by atoms with E-state index in [-0.39, 0.29) is 5.82 Å². The monoisotopic (exact) mass is 333 g/mol. The third kappa shape index (κ3) is 3.05. The second-order valence-electron chi connectivity index (χ2n) is 4.45. The Labute approximate surface area is 136 Å². The topological polar surface area (TPSA) is 50.1 Å². The number of fused-ring (bicyclic) bond motifs is 1. The lowest BCUT2D eigenvalue weighted by Gasteiger charge is -2.11. The molecule has 0 amide bonds. The lowest BCUT2D eigenvalue weighted by Crippen LogP contribution is -2.19. The first-order valence-corrected chi connectivity index (χ1v) is 8.06. The zero-order chi connectivity index (χ0) is 15.5. The fourth-order valence-corrected chi connectivity index (χ4v) is 2.77. The first-order valence-electron chi connectivity index (χ1n) is 6.43. The van der Waals surface area contributed by atoms with Gasteiger partial charge in [-0.25, -0.2) is 4.39 Å². The number of aromatic nitrogens is 1. The summed E-state index contributed by atoms with van der Waals surface area (Å²) in [6, 6.07) is 12.1. The molecular weight excluding hydrogens is 321 g/mol. The van der Waals surface area contributed by atoms with Crippen molar-refractivity contribution in [3.8, 4) is 0 Å². The van der Waals surface area contributed by atoms with Crippen LogP contribution in [0.3, 0.4) is 0 Å². The third-order valence-electron chi connectivity index (χ3n) is 3.02. The van der Waals surface area contributed by atoms with Crippen LogP contribution in [-0.2, 0) is 0 Å². The molecule has 0 fully saturated rings. The van der Waals surface area contributed by atoms with Crippen molar-refractivity contribution in [1.29, 1.82) is 0 Å². The molecule has 0 bridgehead atoms. The van der Waals surface area contributed by atoms with Crippen molar-refractivity contribution in [1.82, 2.24) is 5.16 Å². The van der Waals surface area contributed by atoms with Crippen molar-refractivity contribution >= 4 is 51.6 Å². The van der Waals surface area contributed by atoms with Crippen LogP contribution in [0.4, 0.5) is 15.9 Å². The minimum atomic E-state index is -0.371. The van der Waals surface area contributed by atoms with Gasteiger partial charge in [-0.2, -0.15) is 0 Å². The second-order valence-corrected chi connectivity index (χ2v) is 5.71. The Morgan fingerprint density at radius 1 is 1.23 bits per heavy atom. The molecule has 2 aromatic carbocycles. The van der Waals surface area contributed by atoms with Crippen LogP contribution >= 0.6 is 24.0 Å². The number of nitrogens with one attached hydrogen (secondary N) is 2. The van der Waals surface area contributed by atoms with Crippen LogP contribution in [0.15, 0.2) is 51.9 Å². The first-order chi connectivity index (χ1) is 10.7. The Hall–Kier alpha value is -2.12. The van der Waals surface area contributed by atoms with Crippen LogP contribution < -0.4 is 10.6 Å². The van der Waals surface area contributed by atoms with E-state index in [1.54, 1.807) is 17.8 Å². The van der Waals surface area contributed by atoms with Crippen LogP contribution in [0.2, 0.25) is 0 Å². The number of thioether (sulfide) groups is 1. The summed E-state index contributed by atoms with van der Waals surface area (Å²) < 4.78 is 18.2. The molecule has 3 rings (SSSR count). The summed E-state index contributed by atoms with van der Waals surface area (Å²) in [6.45, 7) is 0. The fraction of sp³-hybridized carbons (Fsp3) is 0.0667. The molecule has 0 aliphatic heterocycles. The Bertz CT molecular complexity index is 835. The number of para-hydroxylation sites is 1. The van der Waals surface area contributed by atoms with Gasteiger partial charge in [-0.05, 0) is 42.7 Å². The van der Waals surface area contributed by atoms with Crippen molar-refractivity contribution in [3.05, 3.63) is 48.3 Å². The number of hydrogen-bond acceptors (Lipinski definition) is 4. The summed E-state index contributed by atoms with van der Waals surface area (Å²) in [5.74, 6) is 0.0823. The standard InChI is InChI=1S/C15H12FN3OS2/c1-22-13-5-3-2-4-11(13)17-15(21)18-14-10-7-6-9(16)8-12(10)20-19-14/h2-8H,1H3,(H2,17,18,19,21). The van der Waals surface area contributed by atoms with E-state index in [9.17, 15) is 4.39 Å². The number of hydrogen-bond donors (Lipinski definition) is 2. The molecule has 0 radical (unpaired) electrons. The van der Waals surface area contributed by atoms with Gasteiger partial charge in [0.25, 0.3) is 0 Å². The highest BCUT2D eigenvalue weighted by molar-refractivity contribution is 7.98. The number of thiocarbonyl (C=S) groups is 1. The van der Waals surface area contributed by atoms with Gasteiger partial charge in [-0.15, -0.1) is 11.8 Å². The molecule has 2 N–H and O–H groups in total. The molecule has 7 heteroatoms. The van der Waals surface area contributed by atoms with Crippen LogP contribution in [0.1, 0.15) is 0 Å². The van der Waals surface area contributed by atoms with Gasteiger partial charge >= 0.3 is 0 Å². The van der Waals surface area contributed by atoms with E-state index < -0.39 is 0 Å². The predicted octanol–water partition coefficient (Wildman–Crippen LogP) is 4.50. The first kappa shape index (κ1) is 14.8. The summed E-state index contributed by atoms with van der Waals surface area (Å²) in [6.07, 6.45) is 2.00. The van der Waals surface area contributed by atoms with E-state index in [0.717, 1.165) is 10.6 Å². The summed E-state index contributed by atoms with van der Waals surface area (Å²) in [7, 11) is 0. The Kier molecular flexibility index (Phi) is 4.26. The molecule has 1 heterocycles. The Morgan fingerprint density at radius 3 is 2.86 bits per heavy atom. The maximum absolute atomic E-state index is 13.1. The Morgan fingerprint density at radius 2 is 2.05 bits per heavy atom. The van der Waals surface area contributed by atoms with Gasteiger partial charge in [0, 0.05) is 11.0 Å². The summed E-state index contributed by atoms with van der Waals surface area (Å²) in [5.41, 5.74) is 1.28. The number of rotatable bonds is 3. The molecule has 1 aromatic heterocycles. The van der Waals surface area contributed by atoms with Crippen molar-refractivity contribution in [3.63, 3.8) is 0 Å². The number of halogens is 1. The maximum Gasteiger partial charge on any atom is 0.183 e. The minimum absolute atomic E-state index is 0.370. The highest BCUT2D eigenvalue weighted by atomic mass is 32.2. The lowest BCUT2D eigenvalue weighted by molar-refractivity contribution is 0.458. The van der Waals surface area contributed by atoms with Gasteiger partial charge in [0.05, 0.1) is 11.1 Å². The van der Waals surface area contributed by atoms with Crippen molar-refractivity contribution in [2.24, 2.45) is 0 Å². The van der Waals surface area contributed by atoms with E-state index in [0.29, 0.717) is 21.9 Å². The highest BCUT2D eigenvalue weighted by Gasteiger charge is 2.11. The van der Waals surface area contributed by atoms with E-state index in [4.69, 9.17) is 16.7 Å². The van der Waals surface area contributed by atoms with Crippen molar-refractivity contribution in [2.75, 3.05) is 16.9 Å². The number of benzene rings is 2. The minimum Gasteiger partial charge on any atom is -0.354 e. The van der Waals surface area contributed by atoms with Crippen LogP contribution in [0.5, 0.6) is 0 Å². The Balaban J connectivity index is 1.78. The smallest absolute Gasteiger partial charge is 0.183 e. The molecule has 4 nitrogen and oxygen atoms in total. The molecule has 0 aliphatic carbocycles. The number of anilines is 2.